The lowest BCUT2D eigenvalue weighted by Gasteiger charge is -2.40. The fourth-order valence-electron chi connectivity index (χ4n) is 4.10. The average molecular weight is 445 g/mol. The summed E-state index contributed by atoms with van der Waals surface area (Å²) >= 11 is 5.92. The molecule has 0 bridgehead atoms. The standard InChI is InChI=1S/C20H29ClN2O5S/c1-27-14-17-6-5-7-18(15-28-20(24)22-12-3-2-4-13-22)23(17)29(25,26)19-10-8-16(21)9-11-19/h8-11,17-18H,2-7,12-15H2,1H3/t17-,18+/m1/s1. The Morgan fingerprint density at radius 2 is 1.66 bits per heavy atom. The van der Waals surface area contributed by atoms with Crippen LogP contribution in [0.4, 0.5) is 4.79 Å². The second-order valence-electron chi connectivity index (χ2n) is 7.61. The summed E-state index contributed by atoms with van der Waals surface area (Å²) in [5.41, 5.74) is 0. The van der Waals surface area contributed by atoms with Gasteiger partial charge in [0.1, 0.15) is 6.61 Å². The van der Waals surface area contributed by atoms with Crippen LogP contribution in [0.1, 0.15) is 38.5 Å². The molecule has 29 heavy (non-hydrogen) atoms. The Labute approximate surface area is 178 Å². The Morgan fingerprint density at radius 1 is 1.03 bits per heavy atom. The number of carbonyl (C=O) groups is 1. The van der Waals surface area contributed by atoms with Crippen LogP contribution in [-0.2, 0) is 19.5 Å². The molecule has 2 saturated heterocycles. The van der Waals surface area contributed by atoms with E-state index < -0.39 is 16.1 Å². The van der Waals surface area contributed by atoms with Gasteiger partial charge in [-0.3, -0.25) is 0 Å². The Hall–Kier alpha value is -1.35. The normalized spacial score (nSPS) is 23.7. The number of methoxy groups -OCH3 is 1. The summed E-state index contributed by atoms with van der Waals surface area (Å²) in [5, 5.41) is 0.475. The molecule has 0 spiro atoms. The van der Waals surface area contributed by atoms with Crippen molar-refractivity contribution >= 4 is 27.7 Å². The molecule has 2 aliphatic rings. The van der Waals surface area contributed by atoms with Gasteiger partial charge in [0, 0.05) is 31.3 Å². The largest absolute Gasteiger partial charge is 0.448 e. The van der Waals surface area contributed by atoms with E-state index in [1.54, 1.807) is 24.1 Å². The third-order valence-electron chi connectivity index (χ3n) is 5.56. The number of rotatable bonds is 6. The summed E-state index contributed by atoms with van der Waals surface area (Å²) in [5.74, 6) is 0. The number of hydrogen-bond donors (Lipinski definition) is 0. The van der Waals surface area contributed by atoms with Gasteiger partial charge < -0.3 is 14.4 Å². The topological polar surface area (TPSA) is 76.2 Å². The summed E-state index contributed by atoms with van der Waals surface area (Å²) in [6, 6.07) is 5.43. The van der Waals surface area contributed by atoms with Crippen molar-refractivity contribution < 1.29 is 22.7 Å². The lowest BCUT2D eigenvalue weighted by Crippen LogP contribution is -2.53. The molecule has 2 atom stereocenters. The minimum absolute atomic E-state index is 0.0440. The zero-order chi connectivity index (χ0) is 20.9. The Balaban J connectivity index is 1.78. The number of benzene rings is 1. The third-order valence-corrected chi connectivity index (χ3v) is 7.83. The van der Waals surface area contributed by atoms with Gasteiger partial charge in [0.15, 0.2) is 0 Å². The van der Waals surface area contributed by atoms with Crippen molar-refractivity contribution in [3.05, 3.63) is 29.3 Å². The maximum absolute atomic E-state index is 13.4. The van der Waals surface area contributed by atoms with Crippen LogP contribution < -0.4 is 0 Å². The van der Waals surface area contributed by atoms with Gasteiger partial charge in [0.25, 0.3) is 0 Å². The lowest BCUT2D eigenvalue weighted by atomic mass is 9.99. The van der Waals surface area contributed by atoms with Crippen molar-refractivity contribution in [3.8, 4) is 0 Å². The van der Waals surface area contributed by atoms with Gasteiger partial charge in [0.2, 0.25) is 10.0 Å². The smallest absolute Gasteiger partial charge is 0.409 e. The number of hydrogen-bond acceptors (Lipinski definition) is 5. The van der Waals surface area contributed by atoms with Crippen LogP contribution in [0, 0.1) is 0 Å². The average Bonchev–Trinajstić information content (AvgIpc) is 2.73. The highest BCUT2D eigenvalue weighted by molar-refractivity contribution is 7.89. The second-order valence-corrected chi connectivity index (χ2v) is 9.89. The number of carbonyl (C=O) groups excluding carboxylic acids is 1. The maximum Gasteiger partial charge on any atom is 0.409 e. The lowest BCUT2D eigenvalue weighted by molar-refractivity contribution is 0.0393. The molecule has 1 aromatic rings. The molecule has 0 unspecified atom stereocenters. The van der Waals surface area contributed by atoms with Crippen molar-refractivity contribution in [2.24, 2.45) is 0 Å². The Bertz CT molecular complexity index is 779. The van der Waals surface area contributed by atoms with Crippen LogP contribution >= 0.6 is 11.6 Å². The molecule has 0 saturated carbocycles. The number of ether oxygens (including phenoxy) is 2. The van der Waals surface area contributed by atoms with Gasteiger partial charge in [-0.15, -0.1) is 0 Å². The van der Waals surface area contributed by atoms with E-state index in [9.17, 15) is 13.2 Å². The van der Waals surface area contributed by atoms with E-state index in [1.807, 2.05) is 0 Å². The molecule has 2 heterocycles. The number of piperidine rings is 2. The van der Waals surface area contributed by atoms with Crippen LogP contribution in [0.3, 0.4) is 0 Å². The van der Waals surface area contributed by atoms with Crippen molar-refractivity contribution in [2.45, 2.75) is 55.5 Å². The zero-order valence-corrected chi connectivity index (χ0v) is 18.3. The van der Waals surface area contributed by atoms with E-state index in [-0.39, 0.29) is 23.6 Å². The summed E-state index contributed by atoms with van der Waals surface area (Å²) in [4.78, 5) is 14.3. The molecule has 7 nitrogen and oxygen atoms in total. The van der Waals surface area contributed by atoms with E-state index in [1.165, 1.54) is 16.4 Å². The van der Waals surface area contributed by atoms with Gasteiger partial charge in [-0.1, -0.05) is 18.0 Å². The molecular formula is C20H29ClN2O5S. The van der Waals surface area contributed by atoms with Gasteiger partial charge >= 0.3 is 6.09 Å². The number of sulfonamides is 1. The molecule has 3 rings (SSSR count). The molecule has 1 aromatic carbocycles. The molecule has 2 fully saturated rings. The Kier molecular flexibility index (Phi) is 7.79. The van der Waals surface area contributed by atoms with Gasteiger partial charge in [0.05, 0.1) is 17.5 Å². The van der Waals surface area contributed by atoms with Crippen LogP contribution in [0.15, 0.2) is 29.2 Å². The molecule has 2 aliphatic heterocycles. The first-order valence-electron chi connectivity index (χ1n) is 10.1. The van der Waals surface area contributed by atoms with E-state index in [0.717, 1.165) is 25.7 Å². The highest BCUT2D eigenvalue weighted by atomic mass is 35.5. The molecule has 0 aromatic heterocycles. The minimum atomic E-state index is -3.78. The summed E-state index contributed by atoms with van der Waals surface area (Å²) in [6.45, 7) is 1.73. The molecule has 162 valence electrons. The van der Waals surface area contributed by atoms with E-state index >= 15 is 0 Å². The van der Waals surface area contributed by atoms with Crippen molar-refractivity contribution in [1.29, 1.82) is 0 Å². The molecule has 0 aliphatic carbocycles. The molecule has 0 N–H and O–H groups in total. The summed E-state index contributed by atoms with van der Waals surface area (Å²) in [6.07, 6.45) is 4.92. The van der Waals surface area contributed by atoms with E-state index in [0.29, 0.717) is 37.6 Å². The SMILES string of the molecule is COC[C@H]1CCC[C@@H](COC(=O)N2CCCCC2)N1S(=O)(=O)c1ccc(Cl)cc1. The second kappa shape index (κ2) is 10.1. The predicted molar refractivity (Wildman–Crippen MR) is 111 cm³/mol. The first-order chi connectivity index (χ1) is 13.9. The van der Waals surface area contributed by atoms with Crippen LogP contribution in [0.25, 0.3) is 0 Å². The summed E-state index contributed by atoms with van der Waals surface area (Å²) < 4.78 is 39.1. The Morgan fingerprint density at radius 3 is 2.28 bits per heavy atom. The van der Waals surface area contributed by atoms with E-state index in [4.69, 9.17) is 21.1 Å². The molecule has 9 heteroatoms. The molecule has 1 amide bonds. The zero-order valence-electron chi connectivity index (χ0n) is 16.8. The van der Waals surface area contributed by atoms with Crippen molar-refractivity contribution in [2.75, 3.05) is 33.4 Å². The fourth-order valence-corrected chi connectivity index (χ4v) is 6.07. The van der Waals surface area contributed by atoms with Crippen molar-refractivity contribution in [1.82, 2.24) is 9.21 Å². The number of likely N-dealkylation sites (tertiary alicyclic amines) is 1. The van der Waals surface area contributed by atoms with Crippen molar-refractivity contribution in [3.63, 3.8) is 0 Å². The van der Waals surface area contributed by atoms with E-state index in [2.05, 4.69) is 0 Å². The number of amides is 1. The number of halogens is 1. The van der Waals surface area contributed by atoms with Gasteiger partial charge in [-0.05, 0) is 56.4 Å². The fraction of sp³-hybridized carbons (Fsp3) is 0.650. The highest BCUT2D eigenvalue weighted by Gasteiger charge is 2.40. The third kappa shape index (κ3) is 5.42. The summed E-state index contributed by atoms with van der Waals surface area (Å²) in [7, 11) is -2.22. The first-order valence-corrected chi connectivity index (χ1v) is 11.9. The molecular weight excluding hydrogens is 416 g/mol. The van der Waals surface area contributed by atoms with Gasteiger partial charge in [-0.25, -0.2) is 13.2 Å². The van der Waals surface area contributed by atoms with Crippen LogP contribution in [0.5, 0.6) is 0 Å². The molecule has 0 radical (unpaired) electrons. The predicted octanol–water partition coefficient (Wildman–Crippen LogP) is 3.52. The highest BCUT2D eigenvalue weighted by Crippen LogP contribution is 2.31. The van der Waals surface area contributed by atoms with Crippen LogP contribution in [-0.4, -0.2) is 69.2 Å². The number of nitrogens with zero attached hydrogens (tertiary/aromatic N) is 2. The maximum atomic E-state index is 13.4. The van der Waals surface area contributed by atoms with Crippen LogP contribution in [0.2, 0.25) is 5.02 Å². The quantitative estimate of drug-likeness (QED) is 0.670. The first kappa shape index (κ1) is 22.3. The minimum Gasteiger partial charge on any atom is -0.448 e. The monoisotopic (exact) mass is 444 g/mol. The van der Waals surface area contributed by atoms with Gasteiger partial charge in [-0.2, -0.15) is 4.31 Å².